The molecule has 3 nitrogen and oxygen atoms in total. The molecule has 3 aromatic rings. The van der Waals surface area contributed by atoms with Crippen molar-refractivity contribution in [3.8, 4) is 11.5 Å². The summed E-state index contributed by atoms with van der Waals surface area (Å²) in [6, 6.07) is 22.8. The normalized spacial score (nSPS) is 21.5. The number of fused-ring (bicyclic) bond motifs is 3. The Kier molecular flexibility index (Phi) is 5.14. The molecule has 30 heavy (non-hydrogen) atoms. The maximum absolute atomic E-state index is 6.27. The number of nitrogens with one attached hydrogen (secondary N) is 1. The Morgan fingerprint density at radius 2 is 1.87 bits per heavy atom. The van der Waals surface area contributed by atoms with Crippen LogP contribution in [0.5, 0.6) is 11.5 Å². The van der Waals surface area contributed by atoms with Crippen molar-refractivity contribution in [3.05, 3.63) is 101 Å². The van der Waals surface area contributed by atoms with Crippen LogP contribution < -0.4 is 14.8 Å². The first-order valence-electron chi connectivity index (χ1n) is 10.3. The zero-order chi connectivity index (χ0) is 20.5. The van der Waals surface area contributed by atoms with E-state index in [0.29, 0.717) is 18.4 Å². The van der Waals surface area contributed by atoms with Gasteiger partial charge in [0.05, 0.1) is 13.2 Å². The van der Waals surface area contributed by atoms with Crippen molar-refractivity contribution in [2.75, 3.05) is 12.4 Å². The number of benzene rings is 3. The summed E-state index contributed by atoms with van der Waals surface area (Å²) in [6.07, 6.45) is 5.65. The van der Waals surface area contributed by atoms with E-state index in [2.05, 4.69) is 53.9 Å². The second kappa shape index (κ2) is 8.08. The van der Waals surface area contributed by atoms with Gasteiger partial charge < -0.3 is 14.8 Å². The minimum atomic E-state index is 0.204. The van der Waals surface area contributed by atoms with Gasteiger partial charge in [0.25, 0.3) is 0 Å². The Labute approximate surface area is 182 Å². The number of anilines is 1. The van der Waals surface area contributed by atoms with Gasteiger partial charge in [0, 0.05) is 16.6 Å². The molecule has 1 aliphatic carbocycles. The Morgan fingerprint density at radius 1 is 1.00 bits per heavy atom. The summed E-state index contributed by atoms with van der Waals surface area (Å²) in [7, 11) is 1.69. The SMILES string of the molecule is COc1cc([C@@H]2Nc3ccc(Cl)cc3[C@@H]3C=CC[C@@H]32)ccc1OCc1ccccc1. The molecule has 4 heteroatoms. The molecule has 0 spiro atoms. The van der Waals surface area contributed by atoms with Gasteiger partial charge >= 0.3 is 0 Å². The van der Waals surface area contributed by atoms with E-state index in [1.54, 1.807) is 7.11 Å². The molecule has 3 aromatic carbocycles. The van der Waals surface area contributed by atoms with Gasteiger partial charge in [-0.25, -0.2) is 0 Å². The third kappa shape index (κ3) is 3.54. The van der Waals surface area contributed by atoms with Crippen LogP contribution in [-0.2, 0) is 6.61 Å². The highest BCUT2D eigenvalue weighted by molar-refractivity contribution is 6.30. The van der Waals surface area contributed by atoms with Crippen molar-refractivity contribution in [2.24, 2.45) is 5.92 Å². The molecular formula is C26H24ClNO2. The van der Waals surface area contributed by atoms with E-state index < -0.39 is 0 Å². The average molecular weight is 418 g/mol. The highest BCUT2D eigenvalue weighted by Crippen LogP contribution is 2.50. The molecule has 0 saturated heterocycles. The van der Waals surface area contributed by atoms with Crippen molar-refractivity contribution < 1.29 is 9.47 Å². The van der Waals surface area contributed by atoms with Gasteiger partial charge in [-0.1, -0.05) is 60.2 Å². The van der Waals surface area contributed by atoms with Crippen molar-refractivity contribution >= 4 is 17.3 Å². The van der Waals surface area contributed by atoms with Crippen LogP contribution >= 0.6 is 11.6 Å². The van der Waals surface area contributed by atoms with E-state index in [9.17, 15) is 0 Å². The second-order valence-corrected chi connectivity index (χ2v) is 8.33. The molecule has 1 heterocycles. The van der Waals surface area contributed by atoms with Crippen LogP contribution in [0.3, 0.4) is 0 Å². The average Bonchev–Trinajstić information content (AvgIpc) is 3.28. The molecule has 0 aromatic heterocycles. The van der Waals surface area contributed by atoms with Crippen LogP contribution in [0.25, 0.3) is 0 Å². The summed E-state index contributed by atoms with van der Waals surface area (Å²) in [4.78, 5) is 0. The molecule has 2 aliphatic rings. The van der Waals surface area contributed by atoms with Crippen LogP contribution in [0.2, 0.25) is 5.02 Å². The summed E-state index contributed by atoms with van der Waals surface area (Å²) in [5.41, 5.74) is 4.78. The molecule has 5 rings (SSSR count). The standard InChI is InChI=1S/C26H24ClNO2/c1-29-25-14-18(10-13-24(25)30-16-17-6-3-2-4-7-17)26-21-9-5-8-20(21)22-15-19(27)11-12-23(22)28-26/h2-8,10-15,20-21,26,28H,9,16H2,1H3/t20-,21+,26+/m1/s1. The van der Waals surface area contributed by atoms with Crippen LogP contribution in [0.1, 0.15) is 35.1 Å². The molecule has 1 aliphatic heterocycles. The fourth-order valence-electron chi connectivity index (χ4n) is 4.63. The number of hydrogen-bond acceptors (Lipinski definition) is 3. The maximum Gasteiger partial charge on any atom is 0.161 e. The number of halogens is 1. The summed E-state index contributed by atoms with van der Waals surface area (Å²) >= 11 is 6.27. The third-order valence-electron chi connectivity index (χ3n) is 6.11. The first kappa shape index (κ1) is 19.1. The quantitative estimate of drug-likeness (QED) is 0.465. The van der Waals surface area contributed by atoms with E-state index in [-0.39, 0.29) is 6.04 Å². The Bertz CT molecular complexity index is 1080. The van der Waals surface area contributed by atoms with Gasteiger partial charge in [0.15, 0.2) is 11.5 Å². The molecule has 0 amide bonds. The topological polar surface area (TPSA) is 30.5 Å². The van der Waals surface area contributed by atoms with Crippen LogP contribution in [-0.4, -0.2) is 7.11 Å². The van der Waals surface area contributed by atoms with E-state index in [1.807, 2.05) is 30.3 Å². The van der Waals surface area contributed by atoms with Crippen molar-refractivity contribution in [1.82, 2.24) is 0 Å². The molecule has 3 atom stereocenters. The molecule has 0 saturated carbocycles. The first-order valence-corrected chi connectivity index (χ1v) is 10.7. The number of methoxy groups -OCH3 is 1. The molecule has 0 radical (unpaired) electrons. The van der Waals surface area contributed by atoms with Gasteiger partial charge in [-0.2, -0.15) is 0 Å². The van der Waals surface area contributed by atoms with E-state index in [4.69, 9.17) is 21.1 Å². The van der Waals surface area contributed by atoms with Gasteiger partial charge in [-0.15, -0.1) is 0 Å². The van der Waals surface area contributed by atoms with Crippen molar-refractivity contribution in [2.45, 2.75) is 25.0 Å². The minimum Gasteiger partial charge on any atom is -0.493 e. The van der Waals surface area contributed by atoms with Crippen molar-refractivity contribution in [1.29, 1.82) is 0 Å². The monoisotopic (exact) mass is 417 g/mol. The lowest BCUT2D eigenvalue weighted by atomic mass is 9.77. The molecular weight excluding hydrogens is 394 g/mol. The number of ether oxygens (including phenoxy) is 2. The molecule has 1 N–H and O–H groups in total. The zero-order valence-corrected chi connectivity index (χ0v) is 17.6. The lowest BCUT2D eigenvalue weighted by Gasteiger charge is -2.37. The number of allylic oxidation sites excluding steroid dienone is 2. The number of hydrogen-bond donors (Lipinski definition) is 1. The lowest BCUT2D eigenvalue weighted by Crippen LogP contribution is -2.29. The summed E-state index contributed by atoms with van der Waals surface area (Å²) in [5, 5.41) is 4.53. The number of rotatable bonds is 5. The van der Waals surface area contributed by atoms with E-state index in [0.717, 1.165) is 34.2 Å². The largest absolute Gasteiger partial charge is 0.493 e. The smallest absolute Gasteiger partial charge is 0.161 e. The van der Waals surface area contributed by atoms with Gasteiger partial charge in [-0.05, 0) is 59.4 Å². The van der Waals surface area contributed by atoms with Gasteiger partial charge in [0.1, 0.15) is 6.61 Å². The summed E-state index contributed by atoms with van der Waals surface area (Å²) in [5.74, 6) is 2.35. The van der Waals surface area contributed by atoms with E-state index in [1.165, 1.54) is 11.1 Å². The molecule has 0 unspecified atom stereocenters. The van der Waals surface area contributed by atoms with E-state index >= 15 is 0 Å². The molecule has 0 bridgehead atoms. The zero-order valence-electron chi connectivity index (χ0n) is 16.8. The summed E-state index contributed by atoms with van der Waals surface area (Å²) < 4.78 is 11.7. The molecule has 152 valence electrons. The van der Waals surface area contributed by atoms with Crippen molar-refractivity contribution in [3.63, 3.8) is 0 Å². The highest BCUT2D eigenvalue weighted by Gasteiger charge is 2.38. The highest BCUT2D eigenvalue weighted by atomic mass is 35.5. The van der Waals surface area contributed by atoms with Crippen LogP contribution in [0, 0.1) is 5.92 Å². The van der Waals surface area contributed by atoms with Crippen LogP contribution in [0.15, 0.2) is 78.9 Å². The van der Waals surface area contributed by atoms with Gasteiger partial charge in [-0.3, -0.25) is 0 Å². The fraction of sp³-hybridized carbons (Fsp3) is 0.231. The predicted molar refractivity (Wildman–Crippen MR) is 122 cm³/mol. The summed E-state index contributed by atoms with van der Waals surface area (Å²) in [6.45, 7) is 0.515. The minimum absolute atomic E-state index is 0.204. The second-order valence-electron chi connectivity index (χ2n) is 7.89. The third-order valence-corrected chi connectivity index (χ3v) is 6.34. The molecule has 0 fully saturated rings. The van der Waals surface area contributed by atoms with Gasteiger partial charge in [0.2, 0.25) is 0 Å². The lowest BCUT2D eigenvalue weighted by molar-refractivity contribution is 0.284. The van der Waals surface area contributed by atoms with Crippen LogP contribution in [0.4, 0.5) is 5.69 Å². The predicted octanol–water partition coefficient (Wildman–Crippen LogP) is 6.75. The Hall–Kier alpha value is -2.91. The Balaban J connectivity index is 1.42. The maximum atomic E-state index is 6.27. The first-order chi connectivity index (χ1) is 14.7. The fourth-order valence-corrected chi connectivity index (χ4v) is 4.81. The Morgan fingerprint density at radius 3 is 2.70 bits per heavy atom.